The normalized spacial score (nSPS) is 10.8. The van der Waals surface area contributed by atoms with Crippen LogP contribution in [-0.4, -0.2) is 34.7 Å². The van der Waals surface area contributed by atoms with Crippen LogP contribution in [0.2, 0.25) is 0 Å². The minimum Gasteiger partial charge on any atom is -0.496 e. The summed E-state index contributed by atoms with van der Waals surface area (Å²) in [6.07, 6.45) is 0.0749. The van der Waals surface area contributed by atoms with Crippen molar-refractivity contribution in [2.75, 3.05) is 19.1 Å². The largest absolute Gasteiger partial charge is 0.496 e. The van der Waals surface area contributed by atoms with Crippen molar-refractivity contribution in [2.24, 2.45) is 0 Å². The van der Waals surface area contributed by atoms with Crippen LogP contribution in [0.1, 0.15) is 26.3 Å². The number of hydrogen-bond acceptors (Lipinski definition) is 6. The zero-order valence-corrected chi connectivity index (χ0v) is 17.9. The first-order valence-electron chi connectivity index (χ1n) is 9.50. The molecule has 0 unspecified atom stereocenters. The Morgan fingerprint density at radius 1 is 1.14 bits per heavy atom. The van der Waals surface area contributed by atoms with Gasteiger partial charge in [-0.15, -0.1) is 0 Å². The first kappa shape index (κ1) is 20.7. The van der Waals surface area contributed by atoms with Crippen LogP contribution in [0.3, 0.4) is 0 Å². The Hall–Kier alpha value is -3.00. The molecule has 29 heavy (non-hydrogen) atoms. The Balaban J connectivity index is 1.85. The summed E-state index contributed by atoms with van der Waals surface area (Å²) in [7, 11) is 1.63. The summed E-state index contributed by atoms with van der Waals surface area (Å²) in [6, 6.07) is 13.6. The summed E-state index contributed by atoms with van der Waals surface area (Å²) in [5.41, 5.74) is 5.19. The maximum Gasteiger partial charge on any atom is 0.214 e. The smallest absolute Gasteiger partial charge is 0.214 e. The number of nitrogens with one attached hydrogen (secondary N) is 2. The molecule has 3 rings (SSSR count). The van der Waals surface area contributed by atoms with Crippen LogP contribution in [0.15, 0.2) is 42.5 Å². The van der Waals surface area contributed by atoms with Gasteiger partial charge in [-0.1, -0.05) is 18.2 Å². The number of para-hydroxylation sites is 1. The van der Waals surface area contributed by atoms with Gasteiger partial charge >= 0.3 is 0 Å². The predicted octanol–water partition coefficient (Wildman–Crippen LogP) is 4.55. The molecule has 8 heteroatoms. The van der Waals surface area contributed by atoms with Gasteiger partial charge in [0.1, 0.15) is 5.75 Å². The highest BCUT2D eigenvalue weighted by Crippen LogP contribution is 2.30. The lowest BCUT2D eigenvalue weighted by Gasteiger charge is -2.16. The van der Waals surface area contributed by atoms with Gasteiger partial charge < -0.3 is 19.6 Å². The Morgan fingerprint density at radius 2 is 1.93 bits per heavy atom. The molecule has 0 saturated carbocycles. The minimum absolute atomic E-state index is 0.0749. The third-order valence-corrected chi connectivity index (χ3v) is 4.41. The molecule has 0 saturated heterocycles. The van der Waals surface area contributed by atoms with Crippen molar-refractivity contribution in [3.63, 3.8) is 0 Å². The topological polar surface area (TPSA) is 73.3 Å². The number of hydrogen-bond donors (Lipinski definition) is 2. The highest BCUT2D eigenvalue weighted by molar-refractivity contribution is 7.71. The van der Waals surface area contributed by atoms with Crippen molar-refractivity contribution in [3.05, 3.63) is 52.8 Å². The predicted molar refractivity (Wildman–Crippen MR) is 116 cm³/mol. The Kier molecular flexibility index (Phi) is 6.77. The quantitative estimate of drug-likeness (QED) is 0.501. The van der Waals surface area contributed by atoms with Crippen LogP contribution in [0, 0.1) is 4.77 Å². The number of H-pyrrole nitrogens is 1. The molecular weight excluding hydrogens is 388 g/mol. The standard InChI is InChI=1S/C21H26N4O3S/c1-5-27-19-12-15(10-11-18(19)28-14(2)3)13-22-25-20(23-24-21(25)29)16-8-6-7-9-17(16)26-4/h6-12,14,22H,5,13H2,1-4H3,(H,24,29). The van der Waals surface area contributed by atoms with Gasteiger partial charge in [-0.3, -0.25) is 0 Å². The average molecular weight is 415 g/mol. The molecule has 0 atom stereocenters. The van der Waals surface area contributed by atoms with Gasteiger partial charge in [0.05, 0.1) is 31.9 Å². The van der Waals surface area contributed by atoms with E-state index in [1.165, 1.54) is 0 Å². The van der Waals surface area contributed by atoms with Crippen molar-refractivity contribution in [1.29, 1.82) is 0 Å². The SMILES string of the molecule is CCOc1cc(CNn2c(-c3ccccc3OC)n[nH]c2=S)ccc1OC(C)C. The summed E-state index contributed by atoms with van der Waals surface area (Å²) < 4.78 is 19.2. The number of aromatic nitrogens is 3. The van der Waals surface area contributed by atoms with E-state index in [1.54, 1.807) is 11.8 Å². The second-order valence-electron chi connectivity index (χ2n) is 6.60. The lowest BCUT2D eigenvalue weighted by atomic mass is 10.2. The third-order valence-electron chi connectivity index (χ3n) is 4.13. The van der Waals surface area contributed by atoms with Gasteiger partial charge in [-0.25, -0.2) is 9.77 Å². The summed E-state index contributed by atoms with van der Waals surface area (Å²) in [5.74, 6) is 2.83. The number of aromatic amines is 1. The Morgan fingerprint density at radius 3 is 2.66 bits per heavy atom. The number of methoxy groups -OCH3 is 1. The molecule has 3 aromatic rings. The first-order chi connectivity index (χ1) is 14.0. The van der Waals surface area contributed by atoms with E-state index in [4.69, 9.17) is 26.4 Å². The molecule has 154 valence electrons. The summed E-state index contributed by atoms with van der Waals surface area (Å²) in [5, 5.41) is 7.20. The van der Waals surface area contributed by atoms with Crippen LogP contribution in [0.5, 0.6) is 17.2 Å². The first-order valence-corrected chi connectivity index (χ1v) is 9.91. The van der Waals surface area contributed by atoms with Gasteiger partial charge in [-0.2, -0.15) is 5.10 Å². The van der Waals surface area contributed by atoms with Gasteiger partial charge in [0.2, 0.25) is 4.77 Å². The molecular formula is C21H26N4O3S. The van der Waals surface area contributed by atoms with Crippen molar-refractivity contribution in [3.8, 4) is 28.6 Å². The van der Waals surface area contributed by atoms with Crippen LogP contribution < -0.4 is 19.6 Å². The molecule has 0 fully saturated rings. The molecule has 7 nitrogen and oxygen atoms in total. The molecule has 0 aliphatic rings. The molecule has 1 heterocycles. The fourth-order valence-electron chi connectivity index (χ4n) is 2.91. The van der Waals surface area contributed by atoms with Gasteiger partial charge in [0, 0.05) is 0 Å². The molecule has 0 aliphatic carbocycles. The number of rotatable bonds is 9. The molecule has 0 radical (unpaired) electrons. The van der Waals surface area contributed by atoms with E-state index in [0.717, 1.165) is 28.4 Å². The minimum atomic E-state index is 0.0749. The van der Waals surface area contributed by atoms with E-state index in [1.807, 2.05) is 63.2 Å². The van der Waals surface area contributed by atoms with Crippen molar-refractivity contribution >= 4 is 12.2 Å². The second kappa shape index (κ2) is 9.47. The fourth-order valence-corrected chi connectivity index (χ4v) is 3.10. The highest BCUT2D eigenvalue weighted by Gasteiger charge is 2.14. The molecule has 0 spiro atoms. The van der Waals surface area contributed by atoms with Crippen LogP contribution in [-0.2, 0) is 6.54 Å². The van der Waals surface area contributed by atoms with Crippen molar-refractivity contribution in [1.82, 2.24) is 14.9 Å². The van der Waals surface area contributed by atoms with Crippen LogP contribution in [0.4, 0.5) is 0 Å². The van der Waals surface area contributed by atoms with Gasteiger partial charge in [-0.05, 0) is 62.8 Å². The molecule has 2 aromatic carbocycles. The average Bonchev–Trinajstić information content (AvgIpc) is 3.08. The molecule has 0 bridgehead atoms. The maximum absolute atomic E-state index is 5.83. The molecule has 1 aromatic heterocycles. The molecule has 0 aliphatic heterocycles. The number of ether oxygens (including phenoxy) is 3. The summed E-state index contributed by atoms with van der Waals surface area (Å²) in [4.78, 5) is 0. The summed E-state index contributed by atoms with van der Waals surface area (Å²) >= 11 is 5.40. The third kappa shape index (κ3) is 4.89. The number of benzene rings is 2. The highest BCUT2D eigenvalue weighted by atomic mass is 32.1. The zero-order chi connectivity index (χ0) is 20.8. The van der Waals surface area contributed by atoms with E-state index < -0.39 is 0 Å². The van der Waals surface area contributed by atoms with Crippen molar-refractivity contribution < 1.29 is 14.2 Å². The zero-order valence-electron chi connectivity index (χ0n) is 17.1. The fraction of sp³-hybridized carbons (Fsp3) is 0.333. The Labute approximate surface area is 175 Å². The van der Waals surface area contributed by atoms with E-state index >= 15 is 0 Å². The molecule has 2 N–H and O–H groups in total. The van der Waals surface area contributed by atoms with E-state index in [0.29, 0.717) is 23.7 Å². The number of nitrogens with zero attached hydrogens (tertiary/aromatic N) is 2. The van der Waals surface area contributed by atoms with Crippen LogP contribution in [0.25, 0.3) is 11.4 Å². The summed E-state index contributed by atoms with van der Waals surface area (Å²) in [6.45, 7) is 7.03. The maximum atomic E-state index is 5.83. The monoisotopic (exact) mass is 414 g/mol. The van der Waals surface area contributed by atoms with Gasteiger partial charge in [0.15, 0.2) is 17.3 Å². The lowest BCUT2D eigenvalue weighted by molar-refractivity contribution is 0.223. The van der Waals surface area contributed by atoms with E-state index in [9.17, 15) is 0 Å². The van der Waals surface area contributed by atoms with E-state index in [2.05, 4.69) is 15.6 Å². The van der Waals surface area contributed by atoms with E-state index in [-0.39, 0.29) is 6.10 Å². The Bertz CT molecular complexity index is 1010. The molecule has 0 amide bonds. The van der Waals surface area contributed by atoms with Crippen molar-refractivity contribution in [2.45, 2.75) is 33.4 Å². The van der Waals surface area contributed by atoms with Crippen LogP contribution >= 0.6 is 12.2 Å². The van der Waals surface area contributed by atoms with Gasteiger partial charge in [0.25, 0.3) is 0 Å². The second-order valence-corrected chi connectivity index (χ2v) is 6.99. The lowest BCUT2D eigenvalue weighted by Crippen LogP contribution is -2.16.